The second kappa shape index (κ2) is 5.80. The lowest BCUT2D eigenvalue weighted by Gasteiger charge is -2.12. The standard InChI is InChI=1S/C12H16BrN3S/c1-9(2)16-8-15-6-10(16)5-14-7-12-11(13)3-4-17-12/h3-4,6,8-9,14H,5,7H2,1-2H3. The molecule has 2 rings (SSSR count). The largest absolute Gasteiger partial charge is 0.331 e. The molecular formula is C12H16BrN3S. The van der Waals surface area contributed by atoms with Crippen molar-refractivity contribution in [2.24, 2.45) is 0 Å². The summed E-state index contributed by atoms with van der Waals surface area (Å²) in [7, 11) is 0. The second-order valence-corrected chi connectivity index (χ2v) is 6.04. The number of nitrogens with zero attached hydrogens (tertiary/aromatic N) is 2. The van der Waals surface area contributed by atoms with Crippen molar-refractivity contribution in [3.05, 3.63) is 39.0 Å². The van der Waals surface area contributed by atoms with Gasteiger partial charge in [0.05, 0.1) is 12.0 Å². The molecule has 5 heteroatoms. The zero-order valence-electron chi connectivity index (χ0n) is 9.98. The highest BCUT2D eigenvalue weighted by Crippen LogP contribution is 2.22. The molecule has 0 spiro atoms. The van der Waals surface area contributed by atoms with Crippen LogP contribution in [-0.4, -0.2) is 9.55 Å². The van der Waals surface area contributed by atoms with Crippen molar-refractivity contribution < 1.29 is 0 Å². The molecule has 2 aromatic heterocycles. The van der Waals surface area contributed by atoms with Crippen LogP contribution in [0.3, 0.4) is 0 Å². The van der Waals surface area contributed by atoms with Gasteiger partial charge >= 0.3 is 0 Å². The topological polar surface area (TPSA) is 29.9 Å². The van der Waals surface area contributed by atoms with E-state index in [1.54, 1.807) is 11.3 Å². The van der Waals surface area contributed by atoms with Gasteiger partial charge in [-0.1, -0.05) is 0 Å². The first-order valence-corrected chi connectivity index (χ1v) is 7.29. The van der Waals surface area contributed by atoms with Crippen LogP contribution in [0, 0.1) is 0 Å². The average Bonchev–Trinajstić information content (AvgIpc) is 2.88. The van der Waals surface area contributed by atoms with Gasteiger partial charge in [-0.15, -0.1) is 11.3 Å². The van der Waals surface area contributed by atoms with E-state index in [0.29, 0.717) is 6.04 Å². The molecule has 0 aliphatic rings. The van der Waals surface area contributed by atoms with Crippen molar-refractivity contribution in [3.8, 4) is 0 Å². The molecule has 3 nitrogen and oxygen atoms in total. The van der Waals surface area contributed by atoms with Crippen LogP contribution in [0.4, 0.5) is 0 Å². The minimum absolute atomic E-state index is 0.461. The Hall–Kier alpha value is -0.650. The van der Waals surface area contributed by atoms with Crippen molar-refractivity contribution in [1.29, 1.82) is 0 Å². The molecule has 0 saturated heterocycles. The molecule has 0 aliphatic carbocycles. The summed E-state index contributed by atoms with van der Waals surface area (Å²) in [6, 6.07) is 2.54. The zero-order valence-corrected chi connectivity index (χ0v) is 12.4. The van der Waals surface area contributed by atoms with E-state index in [1.165, 1.54) is 15.0 Å². The fraction of sp³-hybridized carbons (Fsp3) is 0.417. The number of rotatable bonds is 5. The van der Waals surface area contributed by atoms with Gasteiger partial charge < -0.3 is 9.88 Å². The fourth-order valence-corrected chi connectivity index (χ4v) is 3.15. The number of hydrogen-bond donors (Lipinski definition) is 1. The van der Waals surface area contributed by atoms with E-state index in [-0.39, 0.29) is 0 Å². The lowest BCUT2D eigenvalue weighted by atomic mass is 10.3. The fourth-order valence-electron chi connectivity index (χ4n) is 1.69. The molecule has 0 fully saturated rings. The van der Waals surface area contributed by atoms with E-state index >= 15 is 0 Å². The minimum atomic E-state index is 0.461. The number of aromatic nitrogens is 2. The summed E-state index contributed by atoms with van der Waals surface area (Å²) >= 11 is 5.30. The number of thiophene rings is 1. The Kier molecular flexibility index (Phi) is 4.36. The van der Waals surface area contributed by atoms with Gasteiger partial charge in [-0.25, -0.2) is 4.98 Å². The lowest BCUT2D eigenvalue weighted by molar-refractivity contribution is 0.551. The van der Waals surface area contributed by atoms with Gasteiger partial charge in [-0.05, 0) is 41.2 Å². The van der Waals surface area contributed by atoms with Crippen molar-refractivity contribution in [1.82, 2.24) is 14.9 Å². The molecular weight excluding hydrogens is 298 g/mol. The van der Waals surface area contributed by atoms with Gasteiger partial charge in [-0.2, -0.15) is 0 Å². The van der Waals surface area contributed by atoms with Crippen LogP contribution >= 0.6 is 27.3 Å². The summed E-state index contributed by atoms with van der Waals surface area (Å²) in [4.78, 5) is 5.53. The number of imidazole rings is 1. The maximum Gasteiger partial charge on any atom is 0.0951 e. The first-order valence-electron chi connectivity index (χ1n) is 5.61. The summed E-state index contributed by atoms with van der Waals surface area (Å²) < 4.78 is 3.38. The molecule has 0 radical (unpaired) electrons. The van der Waals surface area contributed by atoms with Crippen molar-refractivity contribution >= 4 is 27.3 Å². The predicted octanol–water partition coefficient (Wildman–Crippen LogP) is 3.58. The maximum atomic E-state index is 4.19. The van der Waals surface area contributed by atoms with Crippen LogP contribution in [0.25, 0.3) is 0 Å². The normalized spacial score (nSPS) is 11.3. The predicted molar refractivity (Wildman–Crippen MR) is 75.2 cm³/mol. The molecule has 1 N–H and O–H groups in total. The minimum Gasteiger partial charge on any atom is -0.331 e. The van der Waals surface area contributed by atoms with E-state index < -0.39 is 0 Å². The van der Waals surface area contributed by atoms with Crippen molar-refractivity contribution in [3.63, 3.8) is 0 Å². The molecule has 0 bridgehead atoms. The highest BCUT2D eigenvalue weighted by atomic mass is 79.9. The van der Waals surface area contributed by atoms with Crippen LogP contribution in [0.15, 0.2) is 28.4 Å². The monoisotopic (exact) mass is 313 g/mol. The third kappa shape index (κ3) is 3.18. The van der Waals surface area contributed by atoms with Crippen molar-refractivity contribution in [2.75, 3.05) is 0 Å². The summed E-state index contributed by atoms with van der Waals surface area (Å²) in [6.45, 7) is 6.08. The first kappa shape index (κ1) is 12.8. The molecule has 2 aromatic rings. The molecule has 2 heterocycles. The van der Waals surface area contributed by atoms with E-state index in [2.05, 4.69) is 56.1 Å². The van der Waals surface area contributed by atoms with Crippen LogP contribution in [0.2, 0.25) is 0 Å². The van der Waals surface area contributed by atoms with Gasteiger partial charge in [0.25, 0.3) is 0 Å². The quantitative estimate of drug-likeness (QED) is 0.914. The Bertz CT molecular complexity index is 476. The molecule has 0 amide bonds. The number of hydrogen-bond acceptors (Lipinski definition) is 3. The van der Waals surface area contributed by atoms with Gasteiger partial charge in [-0.3, -0.25) is 0 Å². The summed E-state index contributed by atoms with van der Waals surface area (Å²) in [5.41, 5.74) is 1.23. The number of halogens is 1. The highest BCUT2D eigenvalue weighted by molar-refractivity contribution is 9.10. The van der Waals surface area contributed by atoms with E-state index in [0.717, 1.165) is 13.1 Å². The maximum absolute atomic E-state index is 4.19. The molecule has 17 heavy (non-hydrogen) atoms. The molecule has 0 atom stereocenters. The number of nitrogens with one attached hydrogen (secondary N) is 1. The van der Waals surface area contributed by atoms with Gasteiger partial charge in [0.15, 0.2) is 0 Å². The summed E-state index contributed by atoms with van der Waals surface area (Å²) in [5, 5.41) is 5.54. The molecule has 0 aliphatic heterocycles. The third-order valence-electron chi connectivity index (χ3n) is 2.59. The van der Waals surface area contributed by atoms with Gasteiger partial charge in [0.1, 0.15) is 0 Å². The Morgan fingerprint density at radius 1 is 1.47 bits per heavy atom. The zero-order chi connectivity index (χ0) is 12.3. The van der Waals surface area contributed by atoms with Gasteiger partial charge in [0, 0.05) is 34.7 Å². The van der Waals surface area contributed by atoms with Gasteiger partial charge in [0.2, 0.25) is 0 Å². The van der Waals surface area contributed by atoms with E-state index in [9.17, 15) is 0 Å². The second-order valence-electron chi connectivity index (χ2n) is 4.18. The molecule has 0 unspecified atom stereocenters. The SMILES string of the molecule is CC(C)n1cncc1CNCc1sccc1Br. The van der Waals surface area contributed by atoms with E-state index in [1.807, 2.05) is 12.5 Å². The molecule has 0 aromatic carbocycles. The first-order chi connectivity index (χ1) is 8.18. The summed E-state index contributed by atoms with van der Waals surface area (Å²) in [5.74, 6) is 0. The Balaban J connectivity index is 1.90. The van der Waals surface area contributed by atoms with Crippen LogP contribution in [-0.2, 0) is 13.1 Å². The van der Waals surface area contributed by atoms with Crippen LogP contribution < -0.4 is 5.32 Å². The smallest absolute Gasteiger partial charge is 0.0951 e. The highest BCUT2D eigenvalue weighted by Gasteiger charge is 2.05. The Morgan fingerprint density at radius 2 is 2.29 bits per heavy atom. The third-order valence-corrected chi connectivity index (χ3v) is 4.51. The summed E-state index contributed by atoms with van der Waals surface area (Å²) in [6.07, 6.45) is 3.82. The Morgan fingerprint density at radius 3 is 2.94 bits per heavy atom. The molecule has 92 valence electrons. The van der Waals surface area contributed by atoms with Crippen LogP contribution in [0.1, 0.15) is 30.5 Å². The van der Waals surface area contributed by atoms with E-state index in [4.69, 9.17) is 0 Å². The van der Waals surface area contributed by atoms with Crippen LogP contribution in [0.5, 0.6) is 0 Å². The van der Waals surface area contributed by atoms with Crippen molar-refractivity contribution in [2.45, 2.75) is 33.0 Å². The molecule has 0 saturated carbocycles. The Labute approximate surface area is 114 Å². The average molecular weight is 314 g/mol. The lowest BCUT2D eigenvalue weighted by Crippen LogP contribution is -2.16.